The van der Waals surface area contributed by atoms with Crippen molar-refractivity contribution in [3.8, 4) is 22.3 Å². The van der Waals surface area contributed by atoms with Crippen molar-refractivity contribution in [1.82, 2.24) is 0 Å². The predicted molar refractivity (Wildman–Crippen MR) is 238 cm³/mol. The van der Waals surface area contributed by atoms with Crippen molar-refractivity contribution in [3.05, 3.63) is 242 Å². The van der Waals surface area contributed by atoms with Gasteiger partial charge in [-0.15, -0.1) is 0 Å². The van der Waals surface area contributed by atoms with E-state index in [-0.39, 0.29) is 0 Å². The van der Waals surface area contributed by atoms with Crippen LogP contribution in [-0.4, -0.2) is 0 Å². The lowest BCUT2D eigenvalue weighted by molar-refractivity contribution is 1.07. The highest BCUT2D eigenvalue weighted by atomic mass is 15.1. The van der Waals surface area contributed by atoms with E-state index in [0.717, 1.165) is 35.6 Å². The van der Waals surface area contributed by atoms with Gasteiger partial charge in [0.05, 0.1) is 11.4 Å². The largest absolute Gasteiger partial charge is 0.310 e. The molecule has 8 aromatic carbocycles. The molecule has 0 saturated heterocycles. The molecule has 2 heteroatoms. The lowest BCUT2D eigenvalue weighted by Gasteiger charge is -2.30. The van der Waals surface area contributed by atoms with E-state index in [2.05, 4.69) is 240 Å². The minimum atomic E-state index is 0.934. The van der Waals surface area contributed by atoms with Gasteiger partial charge in [0.1, 0.15) is 0 Å². The molecule has 9 rings (SSSR count). The molecule has 0 unspecified atom stereocenters. The number of allylic oxidation sites excluding steroid dienone is 4. The third kappa shape index (κ3) is 7.21. The van der Waals surface area contributed by atoms with Gasteiger partial charge >= 0.3 is 0 Å². The fourth-order valence-corrected chi connectivity index (χ4v) is 7.84. The molecule has 0 radical (unpaired) electrons. The quantitative estimate of drug-likeness (QED) is 0.139. The van der Waals surface area contributed by atoms with Crippen molar-refractivity contribution in [2.75, 3.05) is 9.80 Å². The van der Waals surface area contributed by atoms with Crippen LogP contribution >= 0.6 is 0 Å². The maximum absolute atomic E-state index is 2.39. The third-order valence-corrected chi connectivity index (χ3v) is 10.6. The molecular weight excluding hydrogens is 677 g/mol. The number of rotatable bonds is 10. The van der Waals surface area contributed by atoms with Gasteiger partial charge in [0.2, 0.25) is 0 Å². The van der Waals surface area contributed by atoms with Crippen LogP contribution in [0.2, 0.25) is 0 Å². The molecule has 0 atom stereocenters. The smallest absolute Gasteiger partial charge is 0.0536 e. The monoisotopic (exact) mass is 718 g/mol. The Morgan fingerprint density at radius 1 is 0.250 bits per heavy atom. The molecule has 1 aliphatic carbocycles. The topological polar surface area (TPSA) is 6.48 Å². The van der Waals surface area contributed by atoms with E-state index in [1.165, 1.54) is 55.9 Å². The number of hydrogen-bond donors (Lipinski definition) is 0. The second-order valence-corrected chi connectivity index (χ2v) is 14.1. The van der Waals surface area contributed by atoms with E-state index in [0.29, 0.717) is 0 Å². The summed E-state index contributed by atoms with van der Waals surface area (Å²) in [4.78, 5) is 4.78. The Hall–Kier alpha value is -7.16. The van der Waals surface area contributed by atoms with E-state index < -0.39 is 0 Å². The third-order valence-electron chi connectivity index (χ3n) is 10.6. The molecule has 0 fully saturated rings. The normalized spacial score (nSPS) is 12.4. The first-order chi connectivity index (χ1) is 27.8. The van der Waals surface area contributed by atoms with Gasteiger partial charge in [-0.25, -0.2) is 0 Å². The zero-order valence-electron chi connectivity index (χ0n) is 31.2. The number of benzene rings is 8. The zero-order chi connectivity index (χ0) is 37.5. The first kappa shape index (κ1) is 34.6. The van der Waals surface area contributed by atoms with E-state index in [9.17, 15) is 0 Å². The Morgan fingerprint density at radius 2 is 0.536 bits per heavy atom. The Bertz CT molecular complexity index is 2410. The van der Waals surface area contributed by atoms with Gasteiger partial charge in [-0.3, -0.25) is 0 Å². The van der Waals surface area contributed by atoms with Gasteiger partial charge in [-0.1, -0.05) is 170 Å². The first-order valence-corrected chi connectivity index (χ1v) is 19.4. The van der Waals surface area contributed by atoms with Crippen LogP contribution in [0.15, 0.2) is 231 Å². The van der Waals surface area contributed by atoms with Crippen molar-refractivity contribution in [2.24, 2.45) is 0 Å². The summed E-state index contributed by atoms with van der Waals surface area (Å²) in [5.41, 5.74) is 16.9. The highest BCUT2D eigenvalue weighted by molar-refractivity contribution is 5.92. The standard InChI is InChI=1S/C54H42N2/c1-5-17-41(18-6-1)43-33-37-49(38-34-43)55(47-21-9-3-10-22-47)53-27-15-13-25-51(53)45-29-31-46(32-30-45)52-26-14-16-28-54(52)56(48-23-11-4-12-24-48)50-39-35-44(36-40-50)42-19-7-2-8-20-42/h1-29,31,33-40H,30,32H2. The lowest BCUT2D eigenvalue weighted by atomic mass is 9.88. The highest BCUT2D eigenvalue weighted by Crippen LogP contribution is 2.45. The molecule has 0 N–H and O–H groups in total. The number of hydrogen-bond acceptors (Lipinski definition) is 2. The summed E-state index contributed by atoms with van der Waals surface area (Å²) in [5.74, 6) is 0. The van der Waals surface area contributed by atoms with Gasteiger partial charge in [0, 0.05) is 33.9 Å². The Balaban J connectivity index is 1.08. The fourth-order valence-electron chi connectivity index (χ4n) is 7.84. The maximum Gasteiger partial charge on any atom is 0.0536 e. The van der Waals surface area contributed by atoms with Crippen molar-refractivity contribution >= 4 is 45.3 Å². The minimum Gasteiger partial charge on any atom is -0.310 e. The molecule has 1 aliphatic rings. The van der Waals surface area contributed by atoms with Crippen molar-refractivity contribution in [3.63, 3.8) is 0 Å². The molecule has 0 saturated carbocycles. The van der Waals surface area contributed by atoms with E-state index in [4.69, 9.17) is 0 Å². The van der Waals surface area contributed by atoms with Gasteiger partial charge in [0.25, 0.3) is 0 Å². The number of nitrogens with zero attached hydrogens (tertiary/aromatic N) is 2. The second kappa shape index (κ2) is 16.1. The Labute approximate surface area is 330 Å². The summed E-state index contributed by atoms with van der Waals surface area (Å²) < 4.78 is 0. The van der Waals surface area contributed by atoms with Gasteiger partial charge < -0.3 is 9.80 Å². The van der Waals surface area contributed by atoms with Crippen LogP contribution in [0, 0.1) is 0 Å². The molecule has 0 heterocycles. The average molecular weight is 719 g/mol. The zero-order valence-corrected chi connectivity index (χ0v) is 31.2. The molecule has 8 aromatic rings. The van der Waals surface area contributed by atoms with Crippen LogP contribution in [0.4, 0.5) is 34.1 Å². The summed E-state index contributed by atoms with van der Waals surface area (Å²) >= 11 is 0. The molecule has 268 valence electrons. The second-order valence-electron chi connectivity index (χ2n) is 14.1. The first-order valence-electron chi connectivity index (χ1n) is 19.4. The predicted octanol–water partition coefficient (Wildman–Crippen LogP) is 15.2. The van der Waals surface area contributed by atoms with Crippen LogP contribution in [-0.2, 0) is 0 Å². The number of anilines is 6. The van der Waals surface area contributed by atoms with Crippen LogP contribution in [0.1, 0.15) is 24.0 Å². The van der Waals surface area contributed by atoms with Gasteiger partial charge in [-0.2, -0.15) is 0 Å². The van der Waals surface area contributed by atoms with Crippen LogP contribution in [0.5, 0.6) is 0 Å². The summed E-state index contributed by atoms with van der Waals surface area (Å²) in [5, 5.41) is 0. The highest BCUT2D eigenvalue weighted by Gasteiger charge is 2.22. The lowest BCUT2D eigenvalue weighted by Crippen LogP contribution is -2.13. The van der Waals surface area contributed by atoms with Crippen LogP contribution < -0.4 is 9.80 Å². The summed E-state index contributed by atoms with van der Waals surface area (Å²) in [7, 11) is 0. The van der Waals surface area contributed by atoms with E-state index in [1.807, 2.05) is 0 Å². The Morgan fingerprint density at radius 3 is 0.893 bits per heavy atom. The summed E-state index contributed by atoms with van der Waals surface area (Å²) in [6, 6.07) is 78.1. The van der Waals surface area contributed by atoms with Crippen LogP contribution in [0.3, 0.4) is 0 Å². The molecule has 0 aliphatic heterocycles. The molecule has 0 spiro atoms. The molecule has 0 bridgehead atoms. The van der Waals surface area contributed by atoms with E-state index in [1.54, 1.807) is 0 Å². The maximum atomic E-state index is 2.39. The average Bonchev–Trinajstić information content (AvgIpc) is 3.29. The molecule has 56 heavy (non-hydrogen) atoms. The molecule has 0 amide bonds. The summed E-state index contributed by atoms with van der Waals surface area (Å²) in [6.07, 6.45) is 6.56. The molecule has 0 aromatic heterocycles. The molecule has 2 nitrogen and oxygen atoms in total. The number of para-hydroxylation sites is 4. The van der Waals surface area contributed by atoms with Crippen molar-refractivity contribution in [2.45, 2.75) is 12.8 Å². The minimum absolute atomic E-state index is 0.934. The molecular formula is C54H42N2. The fraction of sp³-hybridized carbons (Fsp3) is 0.0370. The SMILES string of the molecule is C1=C(c2ccccc2N(c2ccccc2)c2ccc(-c3ccccc3)cc2)CCC(c2ccccc2N(c2ccccc2)c2ccc(-c3ccccc3)cc2)=C1. The van der Waals surface area contributed by atoms with Gasteiger partial charge in [0.15, 0.2) is 0 Å². The Kier molecular flexibility index (Phi) is 9.92. The van der Waals surface area contributed by atoms with Crippen molar-refractivity contribution in [1.29, 1.82) is 0 Å². The van der Waals surface area contributed by atoms with E-state index >= 15 is 0 Å². The van der Waals surface area contributed by atoms with Crippen LogP contribution in [0.25, 0.3) is 33.4 Å². The summed E-state index contributed by atoms with van der Waals surface area (Å²) in [6.45, 7) is 0. The van der Waals surface area contributed by atoms with Gasteiger partial charge in [-0.05, 0) is 107 Å². The van der Waals surface area contributed by atoms with Crippen molar-refractivity contribution < 1.29 is 0 Å².